The lowest BCUT2D eigenvalue weighted by atomic mass is 10.0. The highest BCUT2D eigenvalue weighted by atomic mass is 32.2. The van der Waals surface area contributed by atoms with Gasteiger partial charge < -0.3 is 12.5 Å². The number of hydrogen-bond donors (Lipinski definition) is 0. The lowest BCUT2D eigenvalue weighted by Gasteiger charge is -2.13. The number of rotatable bonds is 10. The van der Waals surface area contributed by atoms with E-state index in [1.54, 1.807) is 0 Å². The van der Waals surface area contributed by atoms with Crippen molar-refractivity contribution in [1.29, 1.82) is 0 Å². The van der Waals surface area contributed by atoms with Gasteiger partial charge in [-0.3, -0.25) is 20.2 Å². The number of benzene rings is 3. The van der Waals surface area contributed by atoms with E-state index in [2.05, 4.69) is 12.5 Å². The van der Waals surface area contributed by atoms with Crippen molar-refractivity contribution in [3.8, 4) is 17.2 Å². The van der Waals surface area contributed by atoms with Crippen LogP contribution in [0.4, 0.5) is 11.4 Å². The summed E-state index contributed by atoms with van der Waals surface area (Å²) in [6.45, 7) is 1.93. The summed E-state index contributed by atoms with van der Waals surface area (Å²) in [7, 11) is -12.1. The lowest BCUT2D eigenvalue weighted by Crippen LogP contribution is -2.13. The minimum absolute atomic E-state index is 0.131. The number of para-hydroxylation sites is 1. The van der Waals surface area contributed by atoms with Crippen molar-refractivity contribution < 1.29 is 47.6 Å². The molecule has 3 aromatic carbocycles. The Labute approximate surface area is 236 Å². The maximum absolute atomic E-state index is 11.2. The van der Waals surface area contributed by atoms with Crippen molar-refractivity contribution in [2.24, 2.45) is 0 Å². The van der Waals surface area contributed by atoms with Crippen LogP contribution in [0.3, 0.4) is 0 Å². The van der Waals surface area contributed by atoms with Crippen molar-refractivity contribution in [2.45, 2.75) is 13.3 Å². The van der Waals surface area contributed by atoms with E-state index in [4.69, 9.17) is 0 Å². The van der Waals surface area contributed by atoms with Crippen LogP contribution in [0.5, 0.6) is 17.2 Å². The largest absolute Gasteiger partial charge is 0.378 e. The molecule has 0 N–H and O–H groups in total. The van der Waals surface area contributed by atoms with Gasteiger partial charge in [0.15, 0.2) is 11.5 Å². The molecule has 3 rings (SSSR count). The minimum Gasteiger partial charge on any atom is -0.378 e. The molecule has 0 bridgehead atoms. The van der Waals surface area contributed by atoms with Crippen LogP contribution >= 0.6 is 0 Å². The van der Waals surface area contributed by atoms with Gasteiger partial charge in [-0.25, -0.2) is 0 Å². The molecule has 222 valence electrons. The van der Waals surface area contributed by atoms with Gasteiger partial charge in [-0.05, 0) is 30.7 Å². The first-order valence-electron chi connectivity index (χ1n) is 11.0. The second-order valence-electron chi connectivity index (χ2n) is 8.40. The maximum atomic E-state index is 11.2. The van der Waals surface area contributed by atoms with Crippen molar-refractivity contribution in [3.63, 3.8) is 0 Å². The van der Waals surface area contributed by atoms with Crippen LogP contribution in [0.15, 0.2) is 60.7 Å². The van der Waals surface area contributed by atoms with E-state index in [9.17, 15) is 45.5 Å². The third-order valence-corrected chi connectivity index (χ3v) is 6.12. The van der Waals surface area contributed by atoms with Crippen molar-refractivity contribution in [1.82, 2.24) is 0 Å². The zero-order valence-corrected chi connectivity index (χ0v) is 24.4. The van der Waals surface area contributed by atoms with Crippen molar-refractivity contribution >= 4 is 41.7 Å². The van der Waals surface area contributed by atoms with Crippen LogP contribution in [0.1, 0.15) is 16.7 Å². The monoisotopic (exact) mass is 632 g/mol. The van der Waals surface area contributed by atoms with Gasteiger partial charge in [-0.2, -0.15) is 25.3 Å². The molecular formula is C23H24N2O13S3. The Bertz CT molecular complexity index is 1690. The SMILES string of the molecule is CS(=O)(=O)Oc1cccc(OS(C)(=O)=O)c1OS(C)(=O)=O.Cc1ccc(Cc2c([N+](=O)[O-])cccc2[N+](=O)[O-])cc1. The summed E-state index contributed by atoms with van der Waals surface area (Å²) >= 11 is 0. The molecule has 0 aliphatic rings. The van der Waals surface area contributed by atoms with Crippen molar-refractivity contribution in [2.75, 3.05) is 18.8 Å². The summed E-state index contributed by atoms with van der Waals surface area (Å²) in [4.78, 5) is 20.9. The van der Waals surface area contributed by atoms with Crippen LogP contribution in [0, 0.1) is 27.2 Å². The van der Waals surface area contributed by atoms with Gasteiger partial charge in [0.25, 0.3) is 11.4 Å². The van der Waals surface area contributed by atoms with Crippen LogP contribution in [0.2, 0.25) is 0 Å². The van der Waals surface area contributed by atoms with Gasteiger partial charge >= 0.3 is 30.4 Å². The van der Waals surface area contributed by atoms with Crippen LogP contribution < -0.4 is 12.5 Å². The molecule has 0 fully saturated rings. The van der Waals surface area contributed by atoms with E-state index >= 15 is 0 Å². The maximum Gasteiger partial charge on any atom is 0.306 e. The first kappa shape index (κ1) is 32.9. The summed E-state index contributed by atoms with van der Waals surface area (Å²) in [6, 6.07) is 14.6. The fraction of sp³-hybridized carbons (Fsp3) is 0.217. The molecule has 41 heavy (non-hydrogen) atoms. The molecule has 0 unspecified atom stereocenters. The molecule has 0 atom stereocenters. The van der Waals surface area contributed by atoms with Gasteiger partial charge in [0, 0.05) is 18.6 Å². The Morgan fingerprint density at radius 3 is 1.39 bits per heavy atom. The van der Waals surface area contributed by atoms with E-state index in [-0.39, 0.29) is 23.4 Å². The Morgan fingerprint density at radius 2 is 1.02 bits per heavy atom. The van der Waals surface area contributed by atoms with E-state index in [1.807, 2.05) is 31.2 Å². The van der Waals surface area contributed by atoms with E-state index in [0.717, 1.165) is 35.8 Å². The smallest absolute Gasteiger partial charge is 0.306 e. The van der Waals surface area contributed by atoms with Gasteiger partial charge in [0.1, 0.15) is 5.56 Å². The highest BCUT2D eigenvalue weighted by Gasteiger charge is 2.25. The van der Waals surface area contributed by atoms with Crippen LogP contribution in [-0.2, 0) is 36.8 Å². The van der Waals surface area contributed by atoms with Crippen molar-refractivity contribution in [3.05, 3.63) is 97.6 Å². The molecule has 0 aliphatic carbocycles. The topological polar surface area (TPSA) is 216 Å². The summed E-state index contributed by atoms with van der Waals surface area (Å²) in [5.41, 5.74) is 1.55. The van der Waals surface area contributed by atoms with Crippen LogP contribution in [-0.4, -0.2) is 53.9 Å². The highest BCUT2D eigenvalue weighted by molar-refractivity contribution is 7.87. The molecule has 18 heteroatoms. The predicted octanol–water partition coefficient (Wildman–Crippen LogP) is 3.10. The van der Waals surface area contributed by atoms with E-state index < -0.39 is 57.4 Å². The number of nitrogens with zero attached hydrogens (tertiary/aromatic N) is 2. The van der Waals surface area contributed by atoms with Gasteiger partial charge in [-0.1, -0.05) is 35.9 Å². The number of hydrogen-bond acceptors (Lipinski definition) is 13. The Kier molecular flexibility index (Phi) is 10.4. The first-order valence-corrected chi connectivity index (χ1v) is 16.5. The van der Waals surface area contributed by atoms with E-state index in [1.165, 1.54) is 24.3 Å². The normalized spacial score (nSPS) is 11.5. The van der Waals surface area contributed by atoms with Gasteiger partial charge in [0.05, 0.1) is 28.6 Å². The van der Waals surface area contributed by atoms with Gasteiger partial charge in [0.2, 0.25) is 5.75 Å². The van der Waals surface area contributed by atoms with Gasteiger partial charge in [-0.15, -0.1) is 0 Å². The lowest BCUT2D eigenvalue weighted by molar-refractivity contribution is -0.395. The number of nitro benzene ring substituents is 2. The predicted molar refractivity (Wildman–Crippen MR) is 147 cm³/mol. The Hall–Kier alpha value is -4.29. The summed E-state index contributed by atoms with van der Waals surface area (Å²) in [5.74, 6) is -1.73. The summed E-state index contributed by atoms with van der Waals surface area (Å²) in [5, 5.41) is 22.0. The fourth-order valence-electron chi connectivity index (χ4n) is 3.18. The zero-order valence-electron chi connectivity index (χ0n) is 21.9. The molecule has 0 heterocycles. The molecule has 0 saturated carbocycles. The quantitative estimate of drug-likeness (QED) is 0.178. The Morgan fingerprint density at radius 1 is 0.634 bits per heavy atom. The molecule has 0 saturated heterocycles. The molecule has 3 aromatic rings. The van der Waals surface area contributed by atoms with Crippen LogP contribution in [0.25, 0.3) is 0 Å². The molecule has 0 aliphatic heterocycles. The fourth-order valence-corrected chi connectivity index (χ4v) is 4.56. The molecule has 0 spiro atoms. The average Bonchev–Trinajstić information content (AvgIpc) is 2.80. The molecule has 0 radical (unpaired) electrons. The third kappa shape index (κ3) is 11.0. The second-order valence-corrected chi connectivity index (χ2v) is 13.1. The molecule has 15 nitrogen and oxygen atoms in total. The summed E-state index contributed by atoms with van der Waals surface area (Å²) < 4.78 is 80.6. The second kappa shape index (κ2) is 12.9. The average molecular weight is 633 g/mol. The molecule has 0 aromatic heterocycles. The van der Waals surface area contributed by atoms with E-state index in [0.29, 0.717) is 6.26 Å². The summed E-state index contributed by atoms with van der Waals surface area (Å²) in [6.07, 6.45) is 2.30. The zero-order chi connectivity index (χ0) is 31.2. The molecular weight excluding hydrogens is 608 g/mol. The third-order valence-electron chi connectivity index (χ3n) is 4.68. The molecule has 0 amide bonds. The standard InChI is InChI=1S/C14H12N2O4.C9H12O9S3/c1-10-5-7-11(8-6-10)9-12-13(15(17)18)3-2-4-14(12)16(19)20;1-19(10,11)16-7-5-4-6-8(17-20(2,12)13)9(7)18-21(3,14)15/h2-8H,9H2,1H3;4-6H,1-3H3. The Balaban J connectivity index is 0.000000287. The minimum atomic E-state index is -4.08. The first-order chi connectivity index (χ1) is 18.8. The number of nitro groups is 2. The highest BCUT2D eigenvalue weighted by Crippen LogP contribution is 2.39. The number of aryl methyl sites for hydroxylation is 1.